The minimum Gasteiger partial charge on any atom is -0.384 e. The lowest BCUT2D eigenvalue weighted by atomic mass is 10.3. The molecule has 0 radical (unpaired) electrons. The molecule has 2 rings (SSSR count). The van der Waals surface area contributed by atoms with Crippen LogP contribution in [-0.4, -0.2) is 39.5 Å². The molecular weight excluding hydrogens is 278 g/mol. The van der Waals surface area contributed by atoms with Gasteiger partial charge in [0.25, 0.3) is 5.91 Å². The summed E-state index contributed by atoms with van der Waals surface area (Å²) < 4.78 is 0. The van der Waals surface area contributed by atoms with Crippen molar-refractivity contribution in [1.82, 2.24) is 14.9 Å². The van der Waals surface area contributed by atoms with Gasteiger partial charge in [-0.05, 0) is 17.0 Å². The van der Waals surface area contributed by atoms with Crippen LogP contribution < -0.4 is 5.69 Å². The number of aromatic nitrogens is 2. The number of carbonyl (C=O) groups is 1. The summed E-state index contributed by atoms with van der Waals surface area (Å²) in [5, 5.41) is 10.5. The summed E-state index contributed by atoms with van der Waals surface area (Å²) in [7, 11) is 1.66. The summed E-state index contributed by atoms with van der Waals surface area (Å²) in [5.41, 5.74) is 0.776. The fourth-order valence-electron chi connectivity index (χ4n) is 1.65. The average Bonchev–Trinajstić information content (AvgIpc) is 3.04. The Morgan fingerprint density at radius 2 is 2.35 bits per heavy atom. The summed E-state index contributed by atoms with van der Waals surface area (Å²) in [4.78, 5) is 30.1. The summed E-state index contributed by atoms with van der Waals surface area (Å²) in [6.07, 6.45) is 1.35. The number of nitrogens with zero attached hydrogens (tertiary/aromatic N) is 1. The molecule has 7 heteroatoms. The molecule has 20 heavy (non-hydrogen) atoms. The zero-order valence-corrected chi connectivity index (χ0v) is 11.6. The van der Waals surface area contributed by atoms with Crippen molar-refractivity contribution in [3.63, 3.8) is 0 Å². The number of nitrogens with one attached hydrogen (secondary N) is 2. The first kappa shape index (κ1) is 14.1. The van der Waals surface area contributed by atoms with Gasteiger partial charge in [0.05, 0.1) is 4.88 Å². The molecule has 2 aromatic rings. The Labute approximate surface area is 119 Å². The molecule has 0 fully saturated rings. The van der Waals surface area contributed by atoms with E-state index in [4.69, 9.17) is 5.11 Å². The molecule has 0 unspecified atom stereocenters. The van der Waals surface area contributed by atoms with E-state index < -0.39 is 5.69 Å². The highest BCUT2D eigenvalue weighted by Crippen LogP contribution is 2.15. The molecule has 0 spiro atoms. The zero-order chi connectivity index (χ0) is 14.5. The van der Waals surface area contributed by atoms with Crippen molar-refractivity contribution in [1.29, 1.82) is 0 Å². The van der Waals surface area contributed by atoms with E-state index in [2.05, 4.69) is 21.8 Å². The van der Waals surface area contributed by atoms with Gasteiger partial charge in [0.15, 0.2) is 0 Å². The van der Waals surface area contributed by atoms with Crippen LogP contribution in [0.4, 0.5) is 0 Å². The van der Waals surface area contributed by atoms with E-state index in [0.717, 1.165) is 10.4 Å². The highest BCUT2D eigenvalue weighted by Gasteiger charge is 2.14. The number of aromatic amines is 2. The fourth-order valence-corrected chi connectivity index (χ4v) is 2.42. The lowest BCUT2D eigenvalue weighted by molar-refractivity contribution is 0.0780. The molecule has 6 nitrogen and oxygen atoms in total. The van der Waals surface area contributed by atoms with Crippen molar-refractivity contribution >= 4 is 17.2 Å². The maximum absolute atomic E-state index is 12.0. The first-order chi connectivity index (χ1) is 9.60. The third kappa shape index (κ3) is 3.38. The zero-order valence-electron chi connectivity index (χ0n) is 10.8. The van der Waals surface area contributed by atoms with Crippen LogP contribution in [0.15, 0.2) is 22.4 Å². The van der Waals surface area contributed by atoms with Crippen molar-refractivity contribution in [2.45, 2.75) is 6.54 Å². The maximum atomic E-state index is 12.0. The minimum atomic E-state index is -0.404. The van der Waals surface area contributed by atoms with E-state index in [1.807, 2.05) is 11.4 Å². The van der Waals surface area contributed by atoms with Crippen LogP contribution in [-0.2, 0) is 6.54 Å². The molecule has 0 saturated heterocycles. The van der Waals surface area contributed by atoms with Crippen LogP contribution in [0, 0.1) is 11.8 Å². The third-order valence-electron chi connectivity index (χ3n) is 2.54. The fraction of sp³-hybridized carbons (Fsp3) is 0.231. The van der Waals surface area contributed by atoms with Gasteiger partial charge in [-0.3, -0.25) is 4.79 Å². The van der Waals surface area contributed by atoms with Crippen LogP contribution in [0.1, 0.15) is 20.9 Å². The van der Waals surface area contributed by atoms with Crippen LogP contribution in [0.25, 0.3) is 0 Å². The van der Waals surface area contributed by atoms with Gasteiger partial charge >= 0.3 is 5.69 Å². The van der Waals surface area contributed by atoms with E-state index in [0.29, 0.717) is 6.54 Å². The Hall–Kier alpha value is -2.30. The van der Waals surface area contributed by atoms with E-state index in [-0.39, 0.29) is 18.2 Å². The Balaban J connectivity index is 2.04. The molecule has 0 aromatic carbocycles. The van der Waals surface area contributed by atoms with Gasteiger partial charge in [0.1, 0.15) is 12.3 Å². The molecule has 0 aliphatic rings. The van der Waals surface area contributed by atoms with Crippen LogP contribution in [0.2, 0.25) is 0 Å². The second kappa shape index (κ2) is 6.23. The van der Waals surface area contributed by atoms with Crippen LogP contribution >= 0.6 is 11.3 Å². The van der Waals surface area contributed by atoms with Crippen LogP contribution in [0.3, 0.4) is 0 Å². The summed E-state index contributed by atoms with van der Waals surface area (Å²) in [6, 6.07) is 1.87. The number of aliphatic hydroxyl groups excluding tert-OH is 1. The molecule has 1 amide bonds. The number of carbonyl (C=O) groups excluding carboxylic acids is 1. The highest BCUT2D eigenvalue weighted by atomic mass is 32.1. The molecule has 0 bridgehead atoms. The van der Waals surface area contributed by atoms with Crippen LogP contribution in [0.5, 0.6) is 0 Å². The predicted octanol–water partition coefficient (Wildman–Crippen LogP) is 0.381. The normalized spacial score (nSPS) is 9.90. The number of amides is 1. The van der Waals surface area contributed by atoms with Crippen molar-refractivity contribution in [2.24, 2.45) is 0 Å². The largest absolute Gasteiger partial charge is 0.384 e. The summed E-state index contributed by atoms with van der Waals surface area (Å²) >= 11 is 1.46. The third-order valence-corrected chi connectivity index (χ3v) is 3.43. The van der Waals surface area contributed by atoms with E-state index in [1.165, 1.54) is 22.4 Å². The van der Waals surface area contributed by atoms with E-state index in [1.54, 1.807) is 7.05 Å². The van der Waals surface area contributed by atoms with Crippen molar-refractivity contribution in [3.8, 4) is 11.8 Å². The topological polar surface area (TPSA) is 89.2 Å². The van der Waals surface area contributed by atoms with E-state index >= 15 is 0 Å². The summed E-state index contributed by atoms with van der Waals surface area (Å²) in [5.74, 6) is 5.12. The maximum Gasteiger partial charge on any atom is 0.323 e. The Kier molecular flexibility index (Phi) is 4.40. The number of thiophene rings is 1. The molecule has 2 heterocycles. The minimum absolute atomic E-state index is 0.174. The van der Waals surface area contributed by atoms with Gasteiger partial charge in [-0.25, -0.2) is 4.79 Å². The number of hydrogen-bond donors (Lipinski definition) is 3. The first-order valence-corrected chi connectivity index (χ1v) is 6.68. The number of H-pyrrole nitrogens is 2. The lowest BCUT2D eigenvalue weighted by Crippen LogP contribution is -2.26. The quantitative estimate of drug-likeness (QED) is 0.714. The van der Waals surface area contributed by atoms with Gasteiger partial charge in [0, 0.05) is 19.8 Å². The van der Waals surface area contributed by atoms with Gasteiger partial charge in [-0.2, -0.15) is 0 Å². The monoisotopic (exact) mass is 291 g/mol. The van der Waals surface area contributed by atoms with Gasteiger partial charge in [-0.1, -0.05) is 11.8 Å². The molecule has 0 atom stereocenters. The second-order valence-electron chi connectivity index (χ2n) is 4.10. The van der Waals surface area contributed by atoms with E-state index in [9.17, 15) is 9.59 Å². The molecule has 0 aliphatic carbocycles. The summed E-state index contributed by atoms with van der Waals surface area (Å²) in [6.45, 7) is 0.246. The second-order valence-corrected chi connectivity index (χ2v) is 5.01. The molecular formula is C13H13N3O3S. The Bertz CT molecular complexity index is 717. The number of aliphatic hydroxyl groups is 1. The Morgan fingerprint density at radius 3 is 3.00 bits per heavy atom. The van der Waals surface area contributed by atoms with Gasteiger partial charge < -0.3 is 20.0 Å². The van der Waals surface area contributed by atoms with Crippen molar-refractivity contribution < 1.29 is 9.90 Å². The highest BCUT2D eigenvalue weighted by molar-refractivity contribution is 7.10. The standard InChI is InChI=1S/C13H13N3O3S/c1-16(12(18)11-6-14-13(19)15-11)7-9-5-10(20-8-9)3-2-4-17/h5-6,8,17H,4,7H2,1H3,(H2,14,15,19). The van der Waals surface area contributed by atoms with Crippen molar-refractivity contribution in [3.05, 3.63) is 44.3 Å². The van der Waals surface area contributed by atoms with Crippen molar-refractivity contribution in [2.75, 3.05) is 13.7 Å². The van der Waals surface area contributed by atoms with Gasteiger partial charge in [0.2, 0.25) is 0 Å². The number of hydrogen-bond acceptors (Lipinski definition) is 4. The number of rotatable bonds is 3. The lowest BCUT2D eigenvalue weighted by Gasteiger charge is -2.14. The van der Waals surface area contributed by atoms with Gasteiger partial charge in [-0.15, -0.1) is 11.3 Å². The molecule has 2 aromatic heterocycles. The SMILES string of the molecule is CN(Cc1csc(C#CCO)c1)C(=O)c1c[nH]c(=O)[nH]1. The molecule has 0 aliphatic heterocycles. The molecule has 3 N–H and O–H groups in total. The smallest absolute Gasteiger partial charge is 0.323 e. The molecule has 104 valence electrons. The first-order valence-electron chi connectivity index (χ1n) is 5.80. The Morgan fingerprint density at radius 1 is 1.55 bits per heavy atom. The average molecular weight is 291 g/mol. The predicted molar refractivity (Wildman–Crippen MR) is 75.5 cm³/mol. The number of imidazole rings is 1. The molecule has 0 saturated carbocycles.